The van der Waals surface area contributed by atoms with Crippen LogP contribution in [-0.4, -0.2) is 43.0 Å². The Morgan fingerprint density at radius 2 is 1.74 bits per heavy atom. The lowest BCUT2D eigenvalue weighted by Crippen LogP contribution is -2.41. The molecule has 0 saturated carbocycles. The number of anilines is 1. The summed E-state index contributed by atoms with van der Waals surface area (Å²) in [6.07, 6.45) is 0.246. The fraction of sp³-hybridized carbons (Fsp3) is 0.250. The van der Waals surface area contributed by atoms with Crippen LogP contribution in [0.1, 0.15) is 21.5 Å². The topological polar surface area (TPSA) is 58.6 Å². The van der Waals surface area contributed by atoms with Crippen molar-refractivity contribution in [3.05, 3.63) is 75.8 Å². The Morgan fingerprint density at radius 1 is 1.06 bits per heavy atom. The summed E-state index contributed by atoms with van der Waals surface area (Å²) in [5.74, 6) is -0.197. The first-order valence-corrected chi connectivity index (χ1v) is 11.7. The van der Waals surface area contributed by atoms with Gasteiger partial charge in [-0.25, -0.2) is 0 Å². The molecule has 160 valence electrons. The van der Waals surface area contributed by atoms with Crippen LogP contribution in [0.15, 0.2) is 59.1 Å². The minimum absolute atomic E-state index is 0.0572. The Kier molecular flexibility index (Phi) is 6.85. The second-order valence-electron chi connectivity index (χ2n) is 7.38. The number of carbonyl (C=O) groups is 2. The monoisotopic (exact) mass is 498 g/mol. The number of benzene rings is 2. The van der Waals surface area contributed by atoms with Crippen LogP contribution < -0.4 is 5.32 Å². The van der Waals surface area contributed by atoms with Gasteiger partial charge in [0.25, 0.3) is 5.91 Å². The molecule has 2 heterocycles. The maximum atomic E-state index is 13.4. The zero-order valence-corrected chi connectivity index (χ0v) is 19.6. The Bertz CT molecular complexity index is 1070. The van der Waals surface area contributed by atoms with Crippen molar-refractivity contribution in [2.75, 3.05) is 31.6 Å². The summed E-state index contributed by atoms with van der Waals surface area (Å²) in [6, 6.07) is 17.6. The molecule has 4 rings (SSSR count). The molecule has 0 atom stereocenters. The number of morpholine rings is 1. The molecular formula is C24H23BrN2O3S. The van der Waals surface area contributed by atoms with Crippen LogP contribution in [0.2, 0.25) is 0 Å². The molecule has 0 aliphatic carbocycles. The average Bonchev–Trinajstić information content (AvgIpc) is 3.11. The van der Waals surface area contributed by atoms with Gasteiger partial charge in [0.15, 0.2) is 0 Å². The van der Waals surface area contributed by atoms with Crippen molar-refractivity contribution in [3.63, 3.8) is 0 Å². The molecule has 0 spiro atoms. The van der Waals surface area contributed by atoms with Crippen LogP contribution in [0.5, 0.6) is 0 Å². The highest BCUT2D eigenvalue weighted by atomic mass is 79.9. The van der Waals surface area contributed by atoms with E-state index >= 15 is 0 Å². The van der Waals surface area contributed by atoms with Crippen molar-refractivity contribution in [2.24, 2.45) is 0 Å². The van der Waals surface area contributed by atoms with E-state index in [0.29, 0.717) is 36.9 Å². The Morgan fingerprint density at radius 3 is 2.42 bits per heavy atom. The quantitative estimate of drug-likeness (QED) is 0.529. The Hall–Kier alpha value is -2.48. The molecule has 0 unspecified atom stereocenters. The number of amides is 2. The first-order chi connectivity index (χ1) is 15.0. The van der Waals surface area contributed by atoms with Crippen molar-refractivity contribution in [3.8, 4) is 10.4 Å². The number of rotatable bonds is 5. The standard InChI is InChI=1S/C24H23BrN2O3S/c1-16-21(24(29)27-11-13-30-14-12-27)23(31-22(16)18-5-3-2-4-6-18)26-20(28)15-17-7-9-19(25)10-8-17/h2-10H,11-15H2,1H3,(H,26,28). The molecule has 2 aromatic carbocycles. The lowest BCUT2D eigenvalue weighted by Gasteiger charge is -2.27. The summed E-state index contributed by atoms with van der Waals surface area (Å²) in [4.78, 5) is 29.0. The molecule has 5 nitrogen and oxygen atoms in total. The zero-order chi connectivity index (χ0) is 21.8. The third-order valence-corrected chi connectivity index (χ3v) is 7.01. The van der Waals surface area contributed by atoms with Crippen LogP contribution in [0.4, 0.5) is 5.00 Å². The average molecular weight is 499 g/mol. The molecule has 1 saturated heterocycles. The van der Waals surface area contributed by atoms with Crippen LogP contribution in [0.3, 0.4) is 0 Å². The number of nitrogens with one attached hydrogen (secondary N) is 1. The van der Waals surface area contributed by atoms with Gasteiger partial charge in [-0.15, -0.1) is 11.3 Å². The van der Waals surface area contributed by atoms with E-state index < -0.39 is 0 Å². The van der Waals surface area contributed by atoms with E-state index in [2.05, 4.69) is 21.2 Å². The lowest BCUT2D eigenvalue weighted by atomic mass is 10.1. The van der Waals surface area contributed by atoms with Gasteiger partial charge in [-0.2, -0.15) is 0 Å². The van der Waals surface area contributed by atoms with Crippen molar-refractivity contribution in [1.82, 2.24) is 4.90 Å². The Labute approximate surface area is 194 Å². The van der Waals surface area contributed by atoms with E-state index in [4.69, 9.17) is 4.74 Å². The van der Waals surface area contributed by atoms with Gasteiger partial charge in [0.2, 0.25) is 5.91 Å². The summed E-state index contributed by atoms with van der Waals surface area (Å²) >= 11 is 4.87. The van der Waals surface area contributed by atoms with Gasteiger partial charge in [0, 0.05) is 22.4 Å². The SMILES string of the molecule is Cc1c(-c2ccccc2)sc(NC(=O)Cc2ccc(Br)cc2)c1C(=O)N1CCOCC1. The van der Waals surface area contributed by atoms with Gasteiger partial charge in [-0.1, -0.05) is 58.4 Å². The van der Waals surface area contributed by atoms with Gasteiger partial charge in [0.1, 0.15) is 5.00 Å². The summed E-state index contributed by atoms with van der Waals surface area (Å²) in [7, 11) is 0. The van der Waals surface area contributed by atoms with Gasteiger partial charge >= 0.3 is 0 Å². The molecule has 0 radical (unpaired) electrons. The summed E-state index contributed by atoms with van der Waals surface area (Å²) in [5, 5.41) is 3.62. The lowest BCUT2D eigenvalue weighted by molar-refractivity contribution is -0.115. The first kappa shape index (κ1) is 21.7. The van der Waals surface area contributed by atoms with Crippen molar-refractivity contribution < 1.29 is 14.3 Å². The van der Waals surface area contributed by atoms with E-state index in [1.807, 2.05) is 61.5 Å². The molecule has 1 aliphatic heterocycles. The predicted molar refractivity (Wildman–Crippen MR) is 128 cm³/mol. The number of thiophene rings is 1. The third-order valence-electron chi connectivity index (χ3n) is 5.23. The normalized spacial score (nSPS) is 13.8. The fourth-order valence-corrected chi connectivity index (χ4v) is 5.09. The number of hydrogen-bond donors (Lipinski definition) is 1. The van der Waals surface area contributed by atoms with E-state index in [0.717, 1.165) is 26.0 Å². The maximum Gasteiger partial charge on any atom is 0.257 e. The maximum absolute atomic E-state index is 13.4. The van der Waals surface area contributed by atoms with E-state index in [1.165, 1.54) is 11.3 Å². The van der Waals surface area contributed by atoms with Gasteiger partial charge < -0.3 is 15.0 Å². The highest BCUT2D eigenvalue weighted by molar-refractivity contribution is 9.10. The van der Waals surface area contributed by atoms with Gasteiger partial charge in [-0.05, 0) is 35.7 Å². The molecule has 2 amide bonds. The molecule has 0 bridgehead atoms. The molecule has 1 fully saturated rings. The van der Waals surface area contributed by atoms with E-state index in [-0.39, 0.29) is 18.2 Å². The second kappa shape index (κ2) is 9.77. The van der Waals surface area contributed by atoms with E-state index in [1.54, 1.807) is 4.90 Å². The van der Waals surface area contributed by atoms with Crippen LogP contribution in [0.25, 0.3) is 10.4 Å². The molecule has 3 aromatic rings. The number of nitrogens with zero attached hydrogens (tertiary/aromatic N) is 1. The smallest absolute Gasteiger partial charge is 0.257 e. The van der Waals surface area contributed by atoms with Crippen LogP contribution >= 0.6 is 27.3 Å². The fourth-order valence-electron chi connectivity index (χ4n) is 3.61. The van der Waals surface area contributed by atoms with Gasteiger partial charge in [-0.3, -0.25) is 9.59 Å². The van der Waals surface area contributed by atoms with Gasteiger partial charge in [0.05, 0.1) is 25.2 Å². The van der Waals surface area contributed by atoms with Crippen molar-refractivity contribution in [2.45, 2.75) is 13.3 Å². The molecule has 1 N–H and O–H groups in total. The van der Waals surface area contributed by atoms with Crippen LogP contribution in [0, 0.1) is 6.92 Å². The molecule has 1 aliphatic rings. The summed E-state index contributed by atoms with van der Waals surface area (Å²) in [6.45, 7) is 4.14. The number of halogens is 1. The largest absolute Gasteiger partial charge is 0.378 e. The minimum atomic E-state index is -0.140. The van der Waals surface area contributed by atoms with Crippen molar-refractivity contribution >= 4 is 44.1 Å². The third kappa shape index (κ3) is 5.06. The second-order valence-corrected chi connectivity index (χ2v) is 9.32. The molecule has 31 heavy (non-hydrogen) atoms. The van der Waals surface area contributed by atoms with E-state index in [9.17, 15) is 9.59 Å². The Balaban J connectivity index is 1.65. The number of ether oxygens (including phenoxy) is 1. The number of carbonyl (C=O) groups excluding carboxylic acids is 2. The molecule has 1 aromatic heterocycles. The number of hydrogen-bond acceptors (Lipinski definition) is 4. The predicted octanol–water partition coefficient (Wildman–Crippen LogP) is 5.14. The molecular weight excluding hydrogens is 476 g/mol. The summed E-state index contributed by atoms with van der Waals surface area (Å²) < 4.78 is 6.36. The highest BCUT2D eigenvalue weighted by Crippen LogP contribution is 2.40. The highest BCUT2D eigenvalue weighted by Gasteiger charge is 2.27. The zero-order valence-electron chi connectivity index (χ0n) is 17.2. The van der Waals surface area contributed by atoms with Crippen molar-refractivity contribution in [1.29, 1.82) is 0 Å². The molecule has 7 heteroatoms. The minimum Gasteiger partial charge on any atom is -0.378 e. The first-order valence-electron chi connectivity index (χ1n) is 10.1. The van der Waals surface area contributed by atoms with Crippen LogP contribution in [-0.2, 0) is 16.0 Å². The summed E-state index contributed by atoms with van der Waals surface area (Å²) in [5.41, 5.74) is 3.43.